The fraction of sp³-hybridized carbons (Fsp3) is 0.286. The van der Waals surface area contributed by atoms with Gasteiger partial charge in [0.05, 0.1) is 17.4 Å². The molecule has 1 aromatic carbocycles. The smallest absolute Gasteiger partial charge is 0.238 e. The van der Waals surface area contributed by atoms with Crippen LogP contribution in [-0.4, -0.2) is 32.5 Å². The van der Waals surface area contributed by atoms with Gasteiger partial charge in [-0.3, -0.25) is 14.3 Å². The third-order valence-electron chi connectivity index (χ3n) is 3.29. The van der Waals surface area contributed by atoms with Crippen molar-refractivity contribution in [3.63, 3.8) is 0 Å². The summed E-state index contributed by atoms with van der Waals surface area (Å²) in [5, 5.41) is 0. The largest absolute Gasteiger partial charge is 0.309 e. The number of carbonyl (C=O) groups excluding carboxylic acids is 2. The molecule has 2 amide bonds. The molecule has 1 saturated heterocycles. The highest BCUT2D eigenvalue weighted by Gasteiger charge is 2.37. The van der Waals surface area contributed by atoms with Crippen LogP contribution >= 0.6 is 0 Å². The summed E-state index contributed by atoms with van der Waals surface area (Å²) in [6, 6.07) is 2.72. The number of anilines is 1. The van der Waals surface area contributed by atoms with Gasteiger partial charge in [-0.15, -0.1) is 6.58 Å². The van der Waals surface area contributed by atoms with Crippen molar-refractivity contribution in [2.45, 2.75) is 6.42 Å². The van der Waals surface area contributed by atoms with Gasteiger partial charge in [-0.2, -0.15) is 0 Å². The van der Waals surface area contributed by atoms with Gasteiger partial charge >= 0.3 is 0 Å². The Balaban J connectivity index is 2.13. The van der Waals surface area contributed by atoms with Crippen molar-refractivity contribution in [3.8, 4) is 0 Å². The van der Waals surface area contributed by atoms with Gasteiger partial charge in [-0.25, -0.2) is 17.2 Å². The van der Waals surface area contributed by atoms with Crippen molar-refractivity contribution < 1.29 is 26.8 Å². The number of halogens is 2. The van der Waals surface area contributed by atoms with Crippen LogP contribution in [0.15, 0.2) is 30.9 Å². The van der Waals surface area contributed by atoms with Gasteiger partial charge in [0.25, 0.3) is 0 Å². The molecule has 0 spiro atoms. The summed E-state index contributed by atoms with van der Waals surface area (Å²) in [5.74, 6) is -4.48. The SMILES string of the molecule is C=CCS(=O)(=O)NC(=O)C1CC(=O)N(c2ccc(F)cc2F)C1. The van der Waals surface area contributed by atoms with Crippen LogP contribution < -0.4 is 9.62 Å². The Kier molecular flexibility index (Phi) is 4.79. The average Bonchev–Trinajstić information content (AvgIpc) is 2.80. The number of sulfonamides is 1. The van der Waals surface area contributed by atoms with Crippen molar-refractivity contribution in [2.75, 3.05) is 17.2 Å². The van der Waals surface area contributed by atoms with E-state index in [1.54, 1.807) is 0 Å². The predicted molar refractivity (Wildman–Crippen MR) is 78.9 cm³/mol. The minimum absolute atomic E-state index is 0.152. The molecule has 1 aliphatic rings. The molecule has 9 heteroatoms. The Morgan fingerprint density at radius 1 is 1.43 bits per heavy atom. The van der Waals surface area contributed by atoms with Gasteiger partial charge in [0.1, 0.15) is 11.6 Å². The molecule has 0 aromatic heterocycles. The number of hydrogen-bond donors (Lipinski definition) is 1. The Hall–Kier alpha value is -2.29. The number of carbonyl (C=O) groups is 2. The van der Waals surface area contributed by atoms with Crippen LogP contribution in [0.4, 0.5) is 14.5 Å². The summed E-state index contributed by atoms with van der Waals surface area (Å²) < 4.78 is 51.5. The molecule has 1 unspecified atom stereocenters. The molecule has 0 aliphatic carbocycles. The van der Waals surface area contributed by atoms with Gasteiger partial charge in [0.2, 0.25) is 21.8 Å². The molecule has 0 saturated carbocycles. The first-order valence-corrected chi connectivity index (χ1v) is 8.29. The summed E-state index contributed by atoms with van der Waals surface area (Å²) >= 11 is 0. The number of benzene rings is 1. The number of nitrogens with one attached hydrogen (secondary N) is 1. The minimum Gasteiger partial charge on any atom is -0.309 e. The van der Waals surface area contributed by atoms with E-state index in [9.17, 15) is 26.8 Å². The summed E-state index contributed by atoms with van der Waals surface area (Å²) in [5.41, 5.74) is -0.152. The normalized spacial score (nSPS) is 18.1. The Morgan fingerprint density at radius 2 is 2.13 bits per heavy atom. The molecule has 1 aromatic rings. The Bertz CT molecular complexity index is 764. The van der Waals surface area contributed by atoms with Gasteiger partial charge in [-0.05, 0) is 12.1 Å². The maximum Gasteiger partial charge on any atom is 0.238 e. The maximum atomic E-state index is 13.7. The van der Waals surface area contributed by atoms with Gasteiger partial charge in [-0.1, -0.05) is 6.08 Å². The zero-order valence-electron chi connectivity index (χ0n) is 12.0. The quantitative estimate of drug-likeness (QED) is 0.806. The first-order chi connectivity index (χ1) is 10.7. The summed E-state index contributed by atoms with van der Waals surface area (Å²) in [4.78, 5) is 24.9. The first-order valence-electron chi connectivity index (χ1n) is 6.64. The molecule has 124 valence electrons. The molecule has 23 heavy (non-hydrogen) atoms. The lowest BCUT2D eigenvalue weighted by molar-refractivity contribution is -0.124. The van der Waals surface area contributed by atoms with Crippen LogP contribution in [0.1, 0.15) is 6.42 Å². The number of hydrogen-bond acceptors (Lipinski definition) is 4. The topological polar surface area (TPSA) is 83.5 Å². The Morgan fingerprint density at radius 3 is 2.74 bits per heavy atom. The van der Waals surface area contributed by atoms with E-state index < -0.39 is 45.1 Å². The van der Waals surface area contributed by atoms with E-state index in [4.69, 9.17) is 0 Å². The first kappa shape index (κ1) is 17.1. The molecule has 1 aliphatic heterocycles. The second-order valence-electron chi connectivity index (χ2n) is 5.04. The van der Waals surface area contributed by atoms with Crippen molar-refractivity contribution in [1.82, 2.24) is 4.72 Å². The number of amides is 2. The minimum atomic E-state index is -3.85. The van der Waals surface area contributed by atoms with E-state index in [0.29, 0.717) is 6.07 Å². The van der Waals surface area contributed by atoms with Crippen LogP contribution in [0.3, 0.4) is 0 Å². The van der Waals surface area contributed by atoms with E-state index in [0.717, 1.165) is 23.1 Å². The van der Waals surface area contributed by atoms with E-state index in [2.05, 4.69) is 6.58 Å². The van der Waals surface area contributed by atoms with Crippen LogP contribution in [0, 0.1) is 17.6 Å². The van der Waals surface area contributed by atoms with Crippen LogP contribution in [-0.2, 0) is 19.6 Å². The van der Waals surface area contributed by atoms with Crippen molar-refractivity contribution in [2.24, 2.45) is 5.92 Å². The second-order valence-corrected chi connectivity index (χ2v) is 6.80. The van der Waals surface area contributed by atoms with Crippen molar-refractivity contribution in [1.29, 1.82) is 0 Å². The van der Waals surface area contributed by atoms with Crippen molar-refractivity contribution in [3.05, 3.63) is 42.5 Å². The summed E-state index contributed by atoms with van der Waals surface area (Å²) in [6.45, 7) is 3.08. The third-order valence-corrected chi connectivity index (χ3v) is 4.48. The number of nitrogens with zero attached hydrogens (tertiary/aromatic N) is 1. The van der Waals surface area contributed by atoms with Gasteiger partial charge in [0, 0.05) is 19.0 Å². The fourth-order valence-corrected chi connectivity index (χ4v) is 3.12. The average molecular weight is 344 g/mol. The van der Waals surface area contributed by atoms with Gasteiger partial charge in [0.15, 0.2) is 0 Å². The lowest BCUT2D eigenvalue weighted by Crippen LogP contribution is -2.38. The molecule has 1 heterocycles. The molecule has 0 bridgehead atoms. The van der Waals surface area contributed by atoms with Crippen LogP contribution in [0.2, 0.25) is 0 Å². The zero-order valence-corrected chi connectivity index (χ0v) is 12.8. The van der Waals surface area contributed by atoms with E-state index in [-0.39, 0.29) is 18.7 Å². The lowest BCUT2D eigenvalue weighted by Gasteiger charge is -2.17. The highest BCUT2D eigenvalue weighted by atomic mass is 32.2. The molecular weight excluding hydrogens is 330 g/mol. The van der Waals surface area contributed by atoms with E-state index >= 15 is 0 Å². The molecule has 0 radical (unpaired) electrons. The predicted octanol–water partition coefficient (Wildman–Crippen LogP) is 0.950. The molecule has 1 atom stereocenters. The Labute approximate surface area is 131 Å². The maximum absolute atomic E-state index is 13.7. The molecule has 1 N–H and O–H groups in total. The number of rotatable bonds is 5. The second kappa shape index (κ2) is 6.45. The molecular formula is C14H14F2N2O4S. The van der Waals surface area contributed by atoms with Gasteiger partial charge < -0.3 is 4.90 Å². The molecule has 1 fully saturated rings. The summed E-state index contributed by atoms with van der Waals surface area (Å²) in [7, 11) is -3.85. The molecule has 2 rings (SSSR count). The lowest BCUT2D eigenvalue weighted by atomic mass is 10.1. The summed E-state index contributed by atoms with van der Waals surface area (Å²) in [6.07, 6.45) is 0.863. The van der Waals surface area contributed by atoms with Crippen molar-refractivity contribution >= 4 is 27.5 Å². The standard InChI is InChI=1S/C14H14F2N2O4S/c1-2-5-23(21,22)17-14(20)9-6-13(19)18(8-9)12-4-3-10(15)7-11(12)16/h2-4,7,9H,1,5-6,8H2,(H,17,20). The van der Waals surface area contributed by atoms with E-state index in [1.165, 1.54) is 0 Å². The fourth-order valence-electron chi connectivity index (χ4n) is 2.25. The monoisotopic (exact) mass is 344 g/mol. The van der Waals surface area contributed by atoms with E-state index in [1.807, 2.05) is 4.72 Å². The molecule has 6 nitrogen and oxygen atoms in total. The van der Waals surface area contributed by atoms with Crippen LogP contribution in [0.25, 0.3) is 0 Å². The highest BCUT2D eigenvalue weighted by Crippen LogP contribution is 2.28. The zero-order chi connectivity index (χ0) is 17.2. The third kappa shape index (κ3) is 3.92. The highest BCUT2D eigenvalue weighted by molar-refractivity contribution is 7.90. The van der Waals surface area contributed by atoms with Crippen LogP contribution in [0.5, 0.6) is 0 Å².